The zero-order valence-electron chi connectivity index (χ0n) is 13.1. The molecule has 1 aromatic carbocycles. The van der Waals surface area contributed by atoms with E-state index in [0.717, 1.165) is 10.2 Å². The molecule has 124 valence electrons. The number of carbonyl (C=O) groups excluding carboxylic acids is 1. The van der Waals surface area contributed by atoms with E-state index in [1.807, 2.05) is 33.9 Å². The first-order valence-electron chi connectivity index (χ1n) is 7.94. The minimum atomic E-state index is -0.784. The van der Waals surface area contributed by atoms with Crippen molar-refractivity contribution in [2.75, 3.05) is 13.1 Å². The standard InChI is InChI=1S/C17H18N4O2S/c22-16(13-2-1-3-14-15(13)24-12-19-14)21-7-4-17(23,5-8-21)10-20-9-6-18-11-20/h1-3,6,9,11-12,23H,4-5,7-8,10H2. The lowest BCUT2D eigenvalue weighted by atomic mass is 9.91. The second-order valence-corrected chi connectivity index (χ2v) is 7.11. The fourth-order valence-corrected chi connectivity index (χ4v) is 4.02. The van der Waals surface area contributed by atoms with Crippen molar-refractivity contribution in [3.63, 3.8) is 0 Å². The number of benzene rings is 1. The Kier molecular flexibility index (Phi) is 3.82. The average Bonchev–Trinajstić information content (AvgIpc) is 3.25. The molecule has 0 spiro atoms. The number of fused-ring (bicyclic) bond motifs is 1. The molecule has 1 N–H and O–H groups in total. The minimum absolute atomic E-state index is 0.0227. The molecule has 1 aliphatic rings. The molecule has 1 fully saturated rings. The van der Waals surface area contributed by atoms with E-state index in [2.05, 4.69) is 9.97 Å². The second kappa shape index (κ2) is 5.99. The number of piperidine rings is 1. The normalized spacial score (nSPS) is 17.3. The fraction of sp³-hybridized carbons (Fsp3) is 0.353. The summed E-state index contributed by atoms with van der Waals surface area (Å²) in [7, 11) is 0. The van der Waals surface area contributed by atoms with Crippen LogP contribution in [0.5, 0.6) is 0 Å². The largest absolute Gasteiger partial charge is 0.388 e. The van der Waals surface area contributed by atoms with Crippen molar-refractivity contribution >= 4 is 27.5 Å². The summed E-state index contributed by atoms with van der Waals surface area (Å²) in [6.07, 6.45) is 6.39. The third-order valence-corrected chi connectivity index (χ3v) is 5.48. The Balaban J connectivity index is 1.47. The van der Waals surface area contributed by atoms with Crippen LogP contribution in [0.2, 0.25) is 0 Å². The molecule has 0 aliphatic carbocycles. The molecule has 0 atom stereocenters. The van der Waals surface area contributed by atoms with Crippen LogP contribution in [0.1, 0.15) is 23.2 Å². The highest BCUT2D eigenvalue weighted by Gasteiger charge is 2.34. The average molecular weight is 342 g/mol. The van der Waals surface area contributed by atoms with E-state index in [4.69, 9.17) is 0 Å². The van der Waals surface area contributed by atoms with Gasteiger partial charge < -0.3 is 14.6 Å². The zero-order valence-corrected chi connectivity index (χ0v) is 13.9. The van der Waals surface area contributed by atoms with Crippen molar-refractivity contribution in [3.8, 4) is 0 Å². The monoisotopic (exact) mass is 342 g/mol. The quantitative estimate of drug-likeness (QED) is 0.792. The van der Waals surface area contributed by atoms with E-state index >= 15 is 0 Å². The molecule has 3 heterocycles. The molecule has 7 heteroatoms. The molecule has 4 rings (SSSR count). The highest BCUT2D eigenvalue weighted by molar-refractivity contribution is 7.17. The Morgan fingerprint density at radius 2 is 2.17 bits per heavy atom. The van der Waals surface area contributed by atoms with Gasteiger partial charge in [0.15, 0.2) is 0 Å². The van der Waals surface area contributed by atoms with Gasteiger partial charge in [0.05, 0.1) is 39.8 Å². The van der Waals surface area contributed by atoms with Crippen molar-refractivity contribution in [3.05, 3.63) is 48.0 Å². The Hall–Kier alpha value is -2.25. The maximum absolute atomic E-state index is 12.8. The van der Waals surface area contributed by atoms with Crippen LogP contribution < -0.4 is 0 Å². The van der Waals surface area contributed by atoms with Crippen molar-refractivity contribution in [2.45, 2.75) is 25.0 Å². The van der Waals surface area contributed by atoms with Gasteiger partial charge in [-0.3, -0.25) is 4.79 Å². The van der Waals surface area contributed by atoms with E-state index in [1.165, 1.54) is 11.3 Å². The van der Waals surface area contributed by atoms with Crippen LogP contribution in [-0.2, 0) is 6.54 Å². The Labute approximate surface area is 143 Å². The Bertz CT molecular complexity index is 850. The van der Waals surface area contributed by atoms with Gasteiger partial charge in [-0.25, -0.2) is 9.97 Å². The maximum atomic E-state index is 12.8. The molecule has 1 amide bonds. The highest BCUT2D eigenvalue weighted by atomic mass is 32.1. The molecule has 3 aromatic rings. The van der Waals surface area contributed by atoms with Gasteiger partial charge in [0.25, 0.3) is 5.91 Å². The lowest BCUT2D eigenvalue weighted by Gasteiger charge is -2.38. The number of thiazole rings is 1. The first kappa shape index (κ1) is 15.3. The third kappa shape index (κ3) is 2.81. The minimum Gasteiger partial charge on any atom is -0.388 e. The number of aromatic nitrogens is 3. The zero-order chi connectivity index (χ0) is 16.6. The molecule has 1 aliphatic heterocycles. The molecule has 0 saturated carbocycles. The van der Waals surface area contributed by atoms with E-state index in [9.17, 15) is 9.90 Å². The molecule has 0 unspecified atom stereocenters. The number of imidazole rings is 1. The topological polar surface area (TPSA) is 71.2 Å². The fourth-order valence-electron chi connectivity index (χ4n) is 3.23. The van der Waals surface area contributed by atoms with Gasteiger partial charge >= 0.3 is 0 Å². The van der Waals surface area contributed by atoms with Crippen molar-refractivity contribution in [1.29, 1.82) is 0 Å². The van der Waals surface area contributed by atoms with Gasteiger partial charge in [0, 0.05) is 25.5 Å². The number of hydrogen-bond donors (Lipinski definition) is 1. The second-order valence-electron chi connectivity index (χ2n) is 6.26. The van der Waals surface area contributed by atoms with Gasteiger partial charge in [-0.2, -0.15) is 0 Å². The number of rotatable bonds is 3. The lowest BCUT2D eigenvalue weighted by Crippen LogP contribution is -2.48. The van der Waals surface area contributed by atoms with Crippen LogP contribution in [0.4, 0.5) is 0 Å². The summed E-state index contributed by atoms with van der Waals surface area (Å²) in [4.78, 5) is 23.0. The number of hydrogen-bond acceptors (Lipinski definition) is 5. The molecular weight excluding hydrogens is 324 g/mol. The van der Waals surface area contributed by atoms with Crippen LogP contribution >= 0.6 is 11.3 Å². The first-order chi connectivity index (χ1) is 11.6. The Morgan fingerprint density at radius 1 is 1.33 bits per heavy atom. The van der Waals surface area contributed by atoms with E-state index in [-0.39, 0.29) is 5.91 Å². The number of amides is 1. The Morgan fingerprint density at radius 3 is 2.92 bits per heavy atom. The highest BCUT2D eigenvalue weighted by Crippen LogP contribution is 2.28. The summed E-state index contributed by atoms with van der Waals surface area (Å²) >= 11 is 1.49. The van der Waals surface area contributed by atoms with Gasteiger partial charge in [-0.05, 0) is 25.0 Å². The number of carbonyl (C=O) groups is 1. The molecule has 2 aromatic heterocycles. The van der Waals surface area contributed by atoms with Crippen LogP contribution in [0, 0.1) is 0 Å². The number of likely N-dealkylation sites (tertiary alicyclic amines) is 1. The van der Waals surface area contributed by atoms with Crippen LogP contribution in [0.15, 0.2) is 42.4 Å². The van der Waals surface area contributed by atoms with Gasteiger partial charge in [-0.1, -0.05) is 6.07 Å². The summed E-state index contributed by atoms with van der Waals surface area (Å²) in [5.74, 6) is 0.0227. The van der Waals surface area contributed by atoms with Crippen molar-refractivity contribution < 1.29 is 9.90 Å². The molecule has 0 bridgehead atoms. The van der Waals surface area contributed by atoms with E-state index in [0.29, 0.717) is 38.0 Å². The summed E-state index contributed by atoms with van der Waals surface area (Å²) in [5.41, 5.74) is 2.55. The van der Waals surface area contributed by atoms with Crippen molar-refractivity contribution in [2.24, 2.45) is 0 Å². The number of aliphatic hydroxyl groups is 1. The predicted octanol–water partition coefficient (Wildman–Crippen LogP) is 2.16. The number of nitrogens with zero attached hydrogens (tertiary/aromatic N) is 4. The van der Waals surface area contributed by atoms with Gasteiger partial charge in [0.2, 0.25) is 0 Å². The third-order valence-electron chi connectivity index (χ3n) is 4.60. The molecule has 1 saturated heterocycles. The maximum Gasteiger partial charge on any atom is 0.255 e. The van der Waals surface area contributed by atoms with Gasteiger partial charge in [-0.15, -0.1) is 11.3 Å². The van der Waals surface area contributed by atoms with Crippen molar-refractivity contribution in [1.82, 2.24) is 19.4 Å². The van der Waals surface area contributed by atoms with Crippen LogP contribution in [0.25, 0.3) is 10.2 Å². The van der Waals surface area contributed by atoms with Gasteiger partial charge in [0.1, 0.15) is 0 Å². The van der Waals surface area contributed by atoms with E-state index in [1.54, 1.807) is 18.0 Å². The summed E-state index contributed by atoms with van der Waals surface area (Å²) in [6.45, 7) is 1.62. The summed E-state index contributed by atoms with van der Waals surface area (Å²) in [5, 5.41) is 10.8. The molecule has 0 radical (unpaired) electrons. The first-order valence-corrected chi connectivity index (χ1v) is 8.82. The smallest absolute Gasteiger partial charge is 0.255 e. The lowest BCUT2D eigenvalue weighted by molar-refractivity contribution is -0.0291. The van der Waals surface area contributed by atoms with E-state index < -0.39 is 5.60 Å². The summed E-state index contributed by atoms with van der Waals surface area (Å²) < 4.78 is 2.82. The molecule has 6 nitrogen and oxygen atoms in total. The van der Waals surface area contributed by atoms with Crippen LogP contribution in [-0.4, -0.2) is 49.1 Å². The molecule has 24 heavy (non-hydrogen) atoms. The SMILES string of the molecule is O=C(c1cccc2ncsc12)N1CCC(O)(Cn2ccnc2)CC1. The summed E-state index contributed by atoms with van der Waals surface area (Å²) in [6, 6.07) is 5.65. The molecular formula is C17H18N4O2S. The predicted molar refractivity (Wildman–Crippen MR) is 91.9 cm³/mol. The van der Waals surface area contributed by atoms with Crippen LogP contribution in [0.3, 0.4) is 0 Å².